The van der Waals surface area contributed by atoms with Crippen LogP contribution in [0.4, 0.5) is 5.82 Å². The molecule has 2 atom stereocenters. The van der Waals surface area contributed by atoms with E-state index in [1.54, 1.807) is 0 Å². The largest absolute Gasteiger partial charge is 0.373 e. The van der Waals surface area contributed by atoms with Crippen LogP contribution < -0.4 is 10.6 Å². The number of hydrogen-bond acceptors (Lipinski definition) is 4. The SMILES string of the molecule is CC1COC(CN)CN1c1ccc2c(n1)CCC2. The van der Waals surface area contributed by atoms with Gasteiger partial charge in [-0.15, -0.1) is 0 Å². The third kappa shape index (κ3) is 2.10. The number of fused-ring (bicyclic) bond motifs is 1. The lowest BCUT2D eigenvalue weighted by molar-refractivity contribution is 0.0280. The van der Waals surface area contributed by atoms with Gasteiger partial charge in [0.25, 0.3) is 0 Å². The van der Waals surface area contributed by atoms with Crippen molar-refractivity contribution in [2.75, 3.05) is 24.6 Å². The van der Waals surface area contributed by atoms with Gasteiger partial charge in [0.05, 0.1) is 18.8 Å². The Morgan fingerprint density at radius 1 is 1.44 bits per heavy atom. The summed E-state index contributed by atoms with van der Waals surface area (Å²) in [5.74, 6) is 1.09. The second kappa shape index (κ2) is 4.86. The summed E-state index contributed by atoms with van der Waals surface area (Å²) in [5, 5.41) is 0. The van der Waals surface area contributed by atoms with E-state index in [0.717, 1.165) is 25.4 Å². The molecule has 3 rings (SSSR count). The lowest BCUT2D eigenvalue weighted by Gasteiger charge is -2.38. The third-order valence-electron chi connectivity index (χ3n) is 3.98. The van der Waals surface area contributed by atoms with Crippen molar-refractivity contribution < 1.29 is 4.74 Å². The summed E-state index contributed by atoms with van der Waals surface area (Å²) in [6.45, 7) is 4.35. The van der Waals surface area contributed by atoms with Crippen LogP contribution in [0, 0.1) is 0 Å². The fourth-order valence-corrected chi connectivity index (χ4v) is 2.85. The van der Waals surface area contributed by atoms with Gasteiger partial charge in [0.15, 0.2) is 0 Å². The molecule has 1 saturated heterocycles. The smallest absolute Gasteiger partial charge is 0.129 e. The molecule has 2 N–H and O–H groups in total. The molecule has 4 heteroatoms. The molecule has 1 aliphatic heterocycles. The number of hydrogen-bond donors (Lipinski definition) is 1. The van der Waals surface area contributed by atoms with Crippen LogP contribution in [0.25, 0.3) is 0 Å². The third-order valence-corrected chi connectivity index (χ3v) is 3.98. The van der Waals surface area contributed by atoms with Crippen molar-refractivity contribution in [3.05, 3.63) is 23.4 Å². The van der Waals surface area contributed by atoms with E-state index in [1.165, 1.54) is 24.1 Å². The molecule has 18 heavy (non-hydrogen) atoms. The zero-order valence-electron chi connectivity index (χ0n) is 10.9. The number of nitrogens with two attached hydrogens (primary N) is 1. The second-order valence-electron chi connectivity index (χ2n) is 5.32. The molecule has 0 saturated carbocycles. The van der Waals surface area contributed by atoms with Crippen molar-refractivity contribution in [3.63, 3.8) is 0 Å². The van der Waals surface area contributed by atoms with Gasteiger partial charge in [-0.1, -0.05) is 6.07 Å². The molecule has 2 aliphatic rings. The molecular formula is C14H21N3O. The van der Waals surface area contributed by atoms with Crippen molar-refractivity contribution >= 4 is 5.82 Å². The topological polar surface area (TPSA) is 51.4 Å². The minimum atomic E-state index is 0.135. The van der Waals surface area contributed by atoms with Crippen molar-refractivity contribution in [1.29, 1.82) is 0 Å². The highest BCUT2D eigenvalue weighted by Crippen LogP contribution is 2.25. The van der Waals surface area contributed by atoms with Crippen LogP contribution in [0.3, 0.4) is 0 Å². The van der Waals surface area contributed by atoms with Crippen LogP contribution in [-0.2, 0) is 17.6 Å². The van der Waals surface area contributed by atoms with E-state index in [1.807, 2.05) is 0 Å². The monoisotopic (exact) mass is 247 g/mol. The van der Waals surface area contributed by atoms with E-state index in [-0.39, 0.29) is 6.10 Å². The first kappa shape index (κ1) is 11.9. The summed E-state index contributed by atoms with van der Waals surface area (Å²) in [6, 6.07) is 4.77. The first-order valence-electron chi connectivity index (χ1n) is 6.85. The van der Waals surface area contributed by atoms with Crippen molar-refractivity contribution in [1.82, 2.24) is 4.98 Å². The Kier molecular flexibility index (Phi) is 3.22. The van der Waals surface area contributed by atoms with Gasteiger partial charge in [0.2, 0.25) is 0 Å². The number of morpholine rings is 1. The van der Waals surface area contributed by atoms with E-state index in [4.69, 9.17) is 15.5 Å². The highest BCUT2D eigenvalue weighted by molar-refractivity contribution is 5.44. The molecule has 1 aliphatic carbocycles. The number of anilines is 1. The van der Waals surface area contributed by atoms with Gasteiger partial charge < -0.3 is 15.4 Å². The lowest BCUT2D eigenvalue weighted by atomic mass is 10.1. The molecule has 0 radical (unpaired) electrons. The maximum atomic E-state index is 5.71. The molecule has 2 unspecified atom stereocenters. The molecule has 1 fully saturated rings. The molecule has 2 heterocycles. The summed E-state index contributed by atoms with van der Waals surface area (Å²) < 4.78 is 5.69. The first-order chi connectivity index (χ1) is 8.78. The molecular weight excluding hydrogens is 226 g/mol. The molecule has 1 aromatic rings. The molecule has 0 bridgehead atoms. The Hall–Kier alpha value is -1.13. The van der Waals surface area contributed by atoms with E-state index >= 15 is 0 Å². The number of ether oxygens (including phenoxy) is 1. The molecule has 1 aromatic heterocycles. The number of aromatic nitrogens is 1. The zero-order valence-corrected chi connectivity index (χ0v) is 10.9. The van der Waals surface area contributed by atoms with Crippen LogP contribution in [0.5, 0.6) is 0 Å². The van der Waals surface area contributed by atoms with Gasteiger partial charge in [-0.05, 0) is 37.8 Å². The quantitative estimate of drug-likeness (QED) is 0.851. The number of nitrogens with zero attached hydrogens (tertiary/aromatic N) is 2. The molecule has 98 valence electrons. The van der Waals surface area contributed by atoms with E-state index in [2.05, 4.69) is 24.0 Å². The summed E-state index contributed by atoms with van der Waals surface area (Å²) in [4.78, 5) is 7.16. The lowest BCUT2D eigenvalue weighted by Crippen LogP contribution is -2.51. The fourth-order valence-electron chi connectivity index (χ4n) is 2.85. The Labute approximate surface area is 108 Å². The standard InChI is InChI=1S/C14H21N3O/c1-10-9-18-12(7-15)8-17(10)14-6-5-11-3-2-4-13(11)16-14/h5-6,10,12H,2-4,7-9,15H2,1H3. The minimum Gasteiger partial charge on any atom is -0.373 e. The van der Waals surface area contributed by atoms with Gasteiger partial charge in [0, 0.05) is 18.8 Å². The maximum Gasteiger partial charge on any atom is 0.129 e. The Morgan fingerprint density at radius 2 is 2.33 bits per heavy atom. The summed E-state index contributed by atoms with van der Waals surface area (Å²) in [7, 11) is 0. The van der Waals surface area contributed by atoms with Crippen LogP contribution in [0.1, 0.15) is 24.6 Å². The van der Waals surface area contributed by atoms with Crippen molar-refractivity contribution in [3.8, 4) is 0 Å². The van der Waals surface area contributed by atoms with E-state index in [9.17, 15) is 0 Å². The van der Waals surface area contributed by atoms with Gasteiger partial charge in [-0.3, -0.25) is 0 Å². The van der Waals surface area contributed by atoms with Crippen LogP contribution in [0.15, 0.2) is 12.1 Å². The average molecular weight is 247 g/mol. The predicted molar refractivity (Wildman–Crippen MR) is 71.9 cm³/mol. The molecule has 0 spiro atoms. The van der Waals surface area contributed by atoms with Gasteiger partial charge >= 0.3 is 0 Å². The molecule has 0 amide bonds. The normalized spacial score (nSPS) is 27.3. The minimum absolute atomic E-state index is 0.135. The van der Waals surface area contributed by atoms with Gasteiger partial charge in [-0.2, -0.15) is 0 Å². The van der Waals surface area contributed by atoms with Crippen molar-refractivity contribution in [2.45, 2.75) is 38.3 Å². The van der Waals surface area contributed by atoms with Gasteiger partial charge in [-0.25, -0.2) is 4.98 Å². The Morgan fingerprint density at radius 3 is 3.17 bits per heavy atom. The van der Waals surface area contributed by atoms with Crippen molar-refractivity contribution in [2.24, 2.45) is 5.73 Å². The Balaban J connectivity index is 1.84. The summed E-state index contributed by atoms with van der Waals surface area (Å²) >= 11 is 0. The van der Waals surface area contributed by atoms with Gasteiger partial charge in [0.1, 0.15) is 5.82 Å². The second-order valence-corrected chi connectivity index (χ2v) is 5.32. The highest BCUT2D eigenvalue weighted by atomic mass is 16.5. The maximum absolute atomic E-state index is 5.71. The molecule has 4 nitrogen and oxygen atoms in total. The number of pyridine rings is 1. The predicted octanol–water partition coefficient (Wildman–Crippen LogP) is 1.12. The van der Waals surface area contributed by atoms with E-state index < -0.39 is 0 Å². The average Bonchev–Trinajstić information content (AvgIpc) is 2.86. The van der Waals surface area contributed by atoms with Crippen LogP contribution in [0.2, 0.25) is 0 Å². The number of aryl methyl sites for hydroxylation is 2. The first-order valence-corrected chi connectivity index (χ1v) is 6.85. The summed E-state index contributed by atoms with van der Waals surface area (Å²) in [5.41, 5.74) is 8.42. The van der Waals surface area contributed by atoms with E-state index in [0.29, 0.717) is 12.6 Å². The highest BCUT2D eigenvalue weighted by Gasteiger charge is 2.27. The zero-order chi connectivity index (χ0) is 12.5. The molecule has 0 aromatic carbocycles. The Bertz CT molecular complexity index is 435. The number of rotatable bonds is 2. The fraction of sp³-hybridized carbons (Fsp3) is 0.643. The van der Waals surface area contributed by atoms with Crippen LogP contribution >= 0.6 is 0 Å². The van der Waals surface area contributed by atoms with Crippen LogP contribution in [-0.4, -0.2) is 36.8 Å². The summed E-state index contributed by atoms with van der Waals surface area (Å²) in [6.07, 6.45) is 3.70.